The molecule has 4 nitrogen and oxygen atoms in total. The first-order chi connectivity index (χ1) is 22.7. The Bertz CT molecular complexity index is 2220. The van der Waals surface area contributed by atoms with E-state index in [9.17, 15) is 0 Å². The average Bonchev–Trinajstić information content (AvgIpc) is 3.74. The summed E-state index contributed by atoms with van der Waals surface area (Å²) in [4.78, 5) is 9.23. The van der Waals surface area contributed by atoms with Crippen molar-refractivity contribution in [2.24, 2.45) is 0 Å². The normalized spacial score (nSPS) is 11.1. The summed E-state index contributed by atoms with van der Waals surface area (Å²) in [5.74, 6) is 0.822. The maximum absolute atomic E-state index is 5.84. The molecule has 0 aliphatic rings. The monoisotopic (exact) mass is 786 g/mol. The molecule has 0 atom stereocenters. The third kappa shape index (κ3) is 6.64. The molecule has 0 saturated carbocycles. The van der Waals surface area contributed by atoms with E-state index in [-0.39, 0.29) is 20.1 Å². The number of hydrogen-bond donors (Lipinski definition) is 0. The van der Waals surface area contributed by atoms with E-state index in [0.717, 1.165) is 50.3 Å². The van der Waals surface area contributed by atoms with Crippen LogP contribution in [0.4, 0.5) is 0 Å². The van der Waals surface area contributed by atoms with E-state index in [2.05, 4.69) is 109 Å². The summed E-state index contributed by atoms with van der Waals surface area (Å²) >= 11 is 0. The molecule has 3 aromatic heterocycles. The van der Waals surface area contributed by atoms with Crippen LogP contribution in [0.1, 0.15) is 19.4 Å². The van der Waals surface area contributed by atoms with Gasteiger partial charge < -0.3 is 14.0 Å². The first-order valence-corrected chi connectivity index (χ1v) is 15.3. The van der Waals surface area contributed by atoms with Crippen molar-refractivity contribution < 1.29 is 24.5 Å². The van der Waals surface area contributed by atoms with E-state index in [1.54, 1.807) is 6.20 Å². The zero-order chi connectivity index (χ0) is 31.3. The van der Waals surface area contributed by atoms with Gasteiger partial charge in [0.15, 0.2) is 0 Å². The Kier molecular flexibility index (Phi) is 9.68. The minimum atomic E-state index is 0. The van der Waals surface area contributed by atoms with Crippen molar-refractivity contribution in [3.8, 4) is 39.5 Å². The van der Waals surface area contributed by atoms with Gasteiger partial charge in [0.2, 0.25) is 0 Å². The summed E-state index contributed by atoms with van der Waals surface area (Å²) in [5, 5.41) is 1.01. The van der Waals surface area contributed by atoms with Crippen molar-refractivity contribution >= 4 is 27.6 Å². The van der Waals surface area contributed by atoms with Crippen LogP contribution in [-0.4, -0.2) is 14.5 Å². The minimum absolute atomic E-state index is 0. The van der Waals surface area contributed by atoms with Gasteiger partial charge in [0, 0.05) is 43.8 Å². The Hall–Kier alpha value is -5.35. The Balaban J connectivity index is 0.000000250. The number of nitrogens with zero attached hydrogens (tertiary/aromatic N) is 3. The van der Waals surface area contributed by atoms with Crippen LogP contribution in [-0.2, 0) is 20.1 Å². The molecule has 0 aliphatic carbocycles. The van der Waals surface area contributed by atoms with Crippen LogP contribution in [0.3, 0.4) is 0 Å². The number of rotatable bonds is 5. The number of benzene rings is 5. The van der Waals surface area contributed by atoms with E-state index < -0.39 is 0 Å². The quantitative estimate of drug-likeness (QED) is 0.163. The number of allylic oxidation sites excluding steroid dienone is 2. The SMILES string of the molecule is C/C=C(/C)c1ccc2o[c-]c(-c3nc4ccccc4n3-c3ccc(-c4ccccc4)cc3)c2c1.[Ir].[c-]1ccccc1-c1ccccn1. The Labute approximate surface area is 288 Å². The molecule has 47 heavy (non-hydrogen) atoms. The predicted octanol–water partition coefficient (Wildman–Crippen LogP) is 10.9. The molecule has 0 spiro atoms. The average molecular weight is 786 g/mol. The van der Waals surface area contributed by atoms with E-state index in [1.165, 1.54) is 22.3 Å². The molecule has 3 heterocycles. The second-order valence-electron chi connectivity index (χ2n) is 10.9. The third-order valence-corrected chi connectivity index (χ3v) is 8.07. The molecular weight excluding hydrogens is 755 g/mol. The number of para-hydroxylation sites is 2. The standard InChI is InChI=1S/C31H23N2O.C11H8N.Ir/c1-3-21(2)24-15-18-30-26(19-24)27(20-34-30)31-32-28-11-7-8-12-29(28)33(31)25-16-13-23(14-17-25)22-9-5-4-6-10-22;1-2-6-10(7-3-1)11-8-4-5-9-12-11;/h3-19H,1-2H3;1-6,8-9H;/q2*-1;/b21-3-;;. The zero-order valence-electron chi connectivity index (χ0n) is 26.0. The van der Waals surface area contributed by atoms with Gasteiger partial charge in [0.05, 0.1) is 16.9 Å². The summed E-state index contributed by atoms with van der Waals surface area (Å²) in [6, 6.07) is 50.4. The van der Waals surface area contributed by atoms with E-state index in [1.807, 2.05) is 72.8 Å². The number of pyridine rings is 1. The van der Waals surface area contributed by atoms with Crippen LogP contribution in [0.15, 0.2) is 156 Å². The Morgan fingerprint density at radius 1 is 0.766 bits per heavy atom. The molecule has 0 amide bonds. The largest absolute Gasteiger partial charge is 0.557 e. The number of aromatic nitrogens is 3. The second-order valence-corrected chi connectivity index (χ2v) is 10.9. The molecule has 5 aromatic carbocycles. The molecule has 5 heteroatoms. The second kappa shape index (κ2) is 14.4. The van der Waals surface area contributed by atoms with Gasteiger partial charge in [-0.25, -0.2) is 0 Å². The number of fused-ring (bicyclic) bond motifs is 2. The Morgan fingerprint density at radius 2 is 1.51 bits per heavy atom. The minimum Gasteiger partial charge on any atom is -0.557 e. The Morgan fingerprint density at radius 3 is 2.26 bits per heavy atom. The molecule has 0 saturated heterocycles. The van der Waals surface area contributed by atoms with Crippen LogP contribution in [0, 0.1) is 12.3 Å². The fourth-order valence-corrected chi connectivity index (χ4v) is 5.52. The molecule has 0 fully saturated rings. The topological polar surface area (TPSA) is 43.9 Å². The van der Waals surface area contributed by atoms with Crippen molar-refractivity contribution in [2.75, 3.05) is 0 Å². The van der Waals surface area contributed by atoms with Gasteiger partial charge in [-0.3, -0.25) is 4.98 Å². The van der Waals surface area contributed by atoms with Crippen molar-refractivity contribution in [2.45, 2.75) is 13.8 Å². The van der Waals surface area contributed by atoms with E-state index in [0.29, 0.717) is 0 Å². The van der Waals surface area contributed by atoms with Gasteiger partial charge >= 0.3 is 0 Å². The van der Waals surface area contributed by atoms with Gasteiger partial charge in [-0.15, -0.1) is 35.9 Å². The molecule has 1 radical (unpaired) electrons. The fourth-order valence-electron chi connectivity index (χ4n) is 5.52. The van der Waals surface area contributed by atoms with Crippen LogP contribution in [0.2, 0.25) is 0 Å². The van der Waals surface area contributed by atoms with Crippen LogP contribution >= 0.6 is 0 Å². The van der Waals surface area contributed by atoms with Gasteiger partial charge in [-0.2, -0.15) is 0 Å². The third-order valence-electron chi connectivity index (χ3n) is 8.07. The summed E-state index contributed by atoms with van der Waals surface area (Å²) in [7, 11) is 0. The van der Waals surface area contributed by atoms with Crippen LogP contribution < -0.4 is 0 Å². The van der Waals surface area contributed by atoms with E-state index >= 15 is 0 Å². The molecule has 0 N–H and O–H groups in total. The molecule has 8 rings (SSSR count). The van der Waals surface area contributed by atoms with Gasteiger partial charge in [-0.05, 0) is 72.1 Å². The zero-order valence-corrected chi connectivity index (χ0v) is 28.4. The first-order valence-electron chi connectivity index (χ1n) is 15.3. The fraction of sp³-hybridized carbons (Fsp3) is 0.0476. The van der Waals surface area contributed by atoms with Crippen molar-refractivity contribution in [1.82, 2.24) is 14.5 Å². The molecule has 0 bridgehead atoms. The van der Waals surface area contributed by atoms with Gasteiger partial charge in [0.1, 0.15) is 0 Å². The predicted molar refractivity (Wildman–Crippen MR) is 188 cm³/mol. The molecule has 231 valence electrons. The van der Waals surface area contributed by atoms with Gasteiger partial charge in [0.25, 0.3) is 0 Å². The summed E-state index contributed by atoms with van der Waals surface area (Å²) in [6.45, 7) is 4.18. The van der Waals surface area contributed by atoms with Crippen molar-refractivity contribution in [3.05, 3.63) is 170 Å². The number of hydrogen-bond acceptors (Lipinski definition) is 3. The first kappa shape index (κ1) is 31.6. The molecular formula is C42H31IrN3O-2. The number of furan rings is 1. The molecule has 8 aromatic rings. The summed E-state index contributed by atoms with van der Waals surface area (Å²) in [6.07, 6.45) is 7.05. The van der Waals surface area contributed by atoms with Crippen LogP contribution in [0.25, 0.3) is 67.0 Å². The van der Waals surface area contributed by atoms with Crippen molar-refractivity contribution in [1.29, 1.82) is 0 Å². The van der Waals surface area contributed by atoms with Gasteiger partial charge in [-0.1, -0.05) is 102 Å². The smallest absolute Gasteiger partial charge is 0.0774 e. The van der Waals surface area contributed by atoms with E-state index in [4.69, 9.17) is 9.40 Å². The summed E-state index contributed by atoms with van der Waals surface area (Å²) < 4.78 is 8.03. The molecule has 0 aliphatic heterocycles. The maximum Gasteiger partial charge on any atom is 0.0774 e. The summed E-state index contributed by atoms with van der Waals surface area (Å²) in [5.41, 5.74) is 11.5. The van der Waals surface area contributed by atoms with Crippen LogP contribution in [0.5, 0.6) is 0 Å². The van der Waals surface area contributed by atoms with Crippen molar-refractivity contribution in [3.63, 3.8) is 0 Å². The number of imidazole rings is 1. The maximum atomic E-state index is 5.84. The molecule has 0 unspecified atom stereocenters.